The third kappa shape index (κ3) is 6.11. The molecule has 2 aromatic carbocycles. The van der Waals surface area contributed by atoms with Gasteiger partial charge in [0.25, 0.3) is 0 Å². The summed E-state index contributed by atoms with van der Waals surface area (Å²) < 4.78 is 22.7. The molecule has 1 heterocycles. The lowest BCUT2D eigenvalue weighted by Crippen LogP contribution is -2.23. The molecule has 1 fully saturated rings. The number of hydrogen-bond donors (Lipinski definition) is 1. The van der Waals surface area contributed by atoms with Gasteiger partial charge >= 0.3 is 5.97 Å². The van der Waals surface area contributed by atoms with E-state index >= 15 is 4.39 Å². The van der Waals surface area contributed by atoms with Gasteiger partial charge in [-0.05, 0) is 50.0 Å². The van der Waals surface area contributed by atoms with Crippen LogP contribution >= 0.6 is 11.6 Å². The number of rotatable bonds is 10. The summed E-state index contributed by atoms with van der Waals surface area (Å²) in [6.07, 6.45) is 5.80. The first kappa shape index (κ1) is 25.4. The van der Waals surface area contributed by atoms with E-state index in [0.717, 1.165) is 67.6 Å². The third-order valence-corrected chi connectivity index (χ3v) is 7.08. The number of nitrogens with zero attached hydrogens (tertiary/aromatic N) is 2. The first-order valence-electron chi connectivity index (χ1n) is 12.4. The largest absolute Gasteiger partial charge is 0.480 e. The fourth-order valence-electron chi connectivity index (χ4n) is 5.05. The van der Waals surface area contributed by atoms with Gasteiger partial charge in [-0.25, -0.2) is 9.18 Å². The van der Waals surface area contributed by atoms with Crippen LogP contribution in [-0.2, 0) is 22.5 Å². The molecule has 1 aliphatic carbocycles. The zero-order valence-corrected chi connectivity index (χ0v) is 20.8. The lowest BCUT2D eigenvalue weighted by atomic mass is 9.82. The highest BCUT2D eigenvalue weighted by molar-refractivity contribution is 6.31. The van der Waals surface area contributed by atoms with Crippen LogP contribution in [0.2, 0.25) is 5.02 Å². The Morgan fingerprint density at radius 2 is 1.83 bits per heavy atom. The molecule has 4 rings (SSSR count). The number of aliphatic carboxylic acids is 1. The van der Waals surface area contributed by atoms with Crippen molar-refractivity contribution in [3.8, 4) is 22.4 Å². The zero-order valence-electron chi connectivity index (χ0n) is 20.1. The van der Waals surface area contributed by atoms with E-state index in [0.29, 0.717) is 24.0 Å². The number of hydrogen-bond acceptors (Lipinski definition) is 3. The molecule has 0 amide bonds. The Labute approximate surface area is 210 Å². The molecule has 1 aromatic heterocycles. The van der Waals surface area contributed by atoms with Crippen molar-refractivity contribution in [1.82, 2.24) is 9.78 Å². The fraction of sp³-hybridized carbons (Fsp3) is 0.429. The molecule has 0 unspecified atom stereocenters. The minimum atomic E-state index is -0.929. The molecule has 0 aliphatic heterocycles. The Balaban J connectivity index is 1.62. The normalized spacial score (nSPS) is 18.0. The molecule has 1 N–H and O–H groups in total. The van der Waals surface area contributed by atoms with Crippen molar-refractivity contribution < 1.29 is 19.0 Å². The highest BCUT2D eigenvalue weighted by Crippen LogP contribution is 2.39. The molecule has 7 heteroatoms. The van der Waals surface area contributed by atoms with Crippen LogP contribution in [0.15, 0.2) is 48.5 Å². The fourth-order valence-corrected chi connectivity index (χ4v) is 5.23. The number of benzene rings is 2. The number of aromatic nitrogens is 2. The summed E-state index contributed by atoms with van der Waals surface area (Å²) in [5, 5.41) is 13.9. The molecule has 1 aliphatic rings. The summed E-state index contributed by atoms with van der Waals surface area (Å²) in [5.74, 6) is -0.483. The second kappa shape index (κ2) is 11.8. The molecule has 186 valence electrons. The Morgan fingerprint density at radius 1 is 1.11 bits per heavy atom. The SMILES string of the molecule is CCCc1c(-c2cccc(Cl)c2F)c(-c2ccccc2)nn1C[C@H]1CC[C@H](COCC(=O)O)CC1. The monoisotopic (exact) mass is 498 g/mol. The third-order valence-electron chi connectivity index (χ3n) is 6.79. The van der Waals surface area contributed by atoms with Crippen molar-refractivity contribution in [2.24, 2.45) is 11.8 Å². The summed E-state index contributed by atoms with van der Waals surface area (Å²) >= 11 is 6.18. The van der Waals surface area contributed by atoms with Gasteiger partial charge in [-0.15, -0.1) is 0 Å². The first-order valence-corrected chi connectivity index (χ1v) is 12.7. The summed E-state index contributed by atoms with van der Waals surface area (Å²) in [4.78, 5) is 10.7. The summed E-state index contributed by atoms with van der Waals surface area (Å²) in [6, 6.07) is 15.1. The number of ether oxygens (including phenoxy) is 1. The van der Waals surface area contributed by atoms with Crippen molar-refractivity contribution in [1.29, 1.82) is 0 Å². The minimum absolute atomic E-state index is 0.111. The molecule has 3 aromatic rings. The van der Waals surface area contributed by atoms with Crippen molar-refractivity contribution in [3.05, 3.63) is 65.1 Å². The van der Waals surface area contributed by atoms with Gasteiger partial charge in [0.2, 0.25) is 0 Å². The Bertz CT molecular complexity index is 1140. The number of halogens is 2. The van der Waals surface area contributed by atoms with Gasteiger partial charge in [0.05, 0.1) is 11.6 Å². The highest BCUT2D eigenvalue weighted by atomic mass is 35.5. The summed E-state index contributed by atoms with van der Waals surface area (Å²) in [7, 11) is 0. The number of carboxylic acids is 1. The molecule has 5 nitrogen and oxygen atoms in total. The van der Waals surface area contributed by atoms with Crippen molar-refractivity contribution >= 4 is 17.6 Å². The maximum atomic E-state index is 15.2. The lowest BCUT2D eigenvalue weighted by Gasteiger charge is -2.28. The lowest BCUT2D eigenvalue weighted by molar-refractivity contribution is -0.142. The van der Waals surface area contributed by atoms with Gasteiger partial charge in [0.1, 0.15) is 18.1 Å². The molecule has 0 saturated heterocycles. The van der Waals surface area contributed by atoms with Gasteiger partial charge in [0.15, 0.2) is 0 Å². The Morgan fingerprint density at radius 3 is 2.51 bits per heavy atom. The number of carboxylic acid groups (broad SMARTS) is 1. The quantitative estimate of drug-likeness (QED) is 0.331. The van der Waals surface area contributed by atoms with E-state index in [9.17, 15) is 4.79 Å². The molecule has 0 atom stereocenters. The van der Waals surface area contributed by atoms with Gasteiger partial charge in [0, 0.05) is 28.9 Å². The van der Waals surface area contributed by atoms with Crippen LogP contribution in [0.3, 0.4) is 0 Å². The van der Waals surface area contributed by atoms with E-state index in [-0.39, 0.29) is 11.6 Å². The second-order valence-corrected chi connectivity index (χ2v) is 9.77. The van der Waals surface area contributed by atoms with Crippen LogP contribution in [0, 0.1) is 17.7 Å². The van der Waals surface area contributed by atoms with Crippen molar-refractivity contribution in [2.45, 2.75) is 52.0 Å². The molecule has 1 saturated carbocycles. The van der Waals surface area contributed by atoms with Gasteiger partial charge in [-0.1, -0.05) is 67.4 Å². The van der Waals surface area contributed by atoms with Crippen molar-refractivity contribution in [2.75, 3.05) is 13.2 Å². The highest BCUT2D eigenvalue weighted by Gasteiger charge is 2.27. The van der Waals surface area contributed by atoms with Crippen LogP contribution in [0.1, 0.15) is 44.7 Å². The van der Waals surface area contributed by atoms with Crippen LogP contribution in [0.25, 0.3) is 22.4 Å². The van der Waals surface area contributed by atoms with E-state index in [1.807, 2.05) is 30.3 Å². The standard InChI is InChI=1S/C28H32ClFN2O3/c1-2-7-24-26(22-10-6-11-23(29)27(22)30)28(21-8-4-3-5-9-21)31-32(24)16-19-12-14-20(15-13-19)17-35-18-25(33)34/h3-6,8-11,19-20H,2,7,12-18H2,1H3,(H,33,34)/t19-,20-. The summed E-state index contributed by atoms with van der Waals surface area (Å²) in [6.45, 7) is 3.16. The average Bonchev–Trinajstić information content (AvgIpc) is 3.20. The van der Waals surface area contributed by atoms with Crippen molar-refractivity contribution in [3.63, 3.8) is 0 Å². The predicted molar refractivity (Wildman–Crippen MR) is 136 cm³/mol. The van der Waals surface area contributed by atoms with Gasteiger partial charge < -0.3 is 9.84 Å². The van der Waals surface area contributed by atoms with Crippen LogP contribution in [0.5, 0.6) is 0 Å². The van der Waals surface area contributed by atoms with Gasteiger partial charge in [-0.2, -0.15) is 5.10 Å². The van der Waals surface area contributed by atoms with Gasteiger partial charge in [-0.3, -0.25) is 4.68 Å². The van der Waals surface area contributed by atoms with E-state index in [4.69, 9.17) is 26.5 Å². The first-order chi connectivity index (χ1) is 17.0. The molecule has 0 radical (unpaired) electrons. The average molecular weight is 499 g/mol. The predicted octanol–water partition coefficient (Wildman–Crippen LogP) is 6.87. The maximum Gasteiger partial charge on any atom is 0.329 e. The molecule has 0 spiro atoms. The Hall–Kier alpha value is -2.70. The molecule has 35 heavy (non-hydrogen) atoms. The van der Waals surface area contributed by atoms with Crippen LogP contribution < -0.4 is 0 Å². The summed E-state index contributed by atoms with van der Waals surface area (Å²) in [5.41, 5.74) is 4.10. The Kier molecular flexibility index (Phi) is 8.58. The topological polar surface area (TPSA) is 64.4 Å². The van der Waals surface area contributed by atoms with E-state index < -0.39 is 11.8 Å². The molecular formula is C28H32ClFN2O3. The van der Waals surface area contributed by atoms with Crippen LogP contribution in [-0.4, -0.2) is 34.1 Å². The van der Waals surface area contributed by atoms with E-state index in [1.165, 1.54) is 0 Å². The second-order valence-electron chi connectivity index (χ2n) is 9.37. The zero-order chi connectivity index (χ0) is 24.8. The van der Waals surface area contributed by atoms with E-state index in [2.05, 4.69) is 11.6 Å². The smallest absolute Gasteiger partial charge is 0.329 e. The maximum absolute atomic E-state index is 15.2. The van der Waals surface area contributed by atoms with E-state index in [1.54, 1.807) is 18.2 Å². The molecule has 0 bridgehead atoms. The minimum Gasteiger partial charge on any atom is -0.480 e. The van der Waals surface area contributed by atoms with Crippen LogP contribution in [0.4, 0.5) is 4.39 Å². The molecular weight excluding hydrogens is 467 g/mol. The number of carbonyl (C=O) groups is 1.